The number of hydrogen-bond acceptors (Lipinski definition) is 4. The van der Waals surface area contributed by atoms with Crippen LogP contribution < -0.4 is 5.32 Å². The molecule has 2 amide bonds. The van der Waals surface area contributed by atoms with E-state index in [1.165, 1.54) is 6.92 Å². The minimum atomic E-state index is -0.261. The summed E-state index contributed by atoms with van der Waals surface area (Å²) in [4.78, 5) is 38.9. The minimum absolute atomic E-state index is 0.0123. The molecule has 24 heavy (non-hydrogen) atoms. The molecular formula is C18H18N2O3S. The van der Waals surface area contributed by atoms with Crippen molar-refractivity contribution in [3.8, 4) is 0 Å². The number of carbonyl (C=O) groups is 3. The van der Waals surface area contributed by atoms with Crippen LogP contribution in [0.15, 0.2) is 35.7 Å². The first-order valence-corrected chi connectivity index (χ1v) is 8.69. The number of rotatable bonds is 4. The summed E-state index contributed by atoms with van der Waals surface area (Å²) in [7, 11) is 0. The monoisotopic (exact) mass is 342 g/mol. The van der Waals surface area contributed by atoms with Crippen LogP contribution in [-0.4, -0.2) is 35.6 Å². The molecule has 0 saturated carbocycles. The van der Waals surface area contributed by atoms with E-state index < -0.39 is 0 Å². The average molecular weight is 342 g/mol. The Hall–Kier alpha value is -2.47. The van der Waals surface area contributed by atoms with E-state index in [0.717, 1.165) is 17.7 Å². The van der Waals surface area contributed by atoms with Gasteiger partial charge in [0, 0.05) is 22.7 Å². The fraction of sp³-hybridized carbons (Fsp3) is 0.278. The zero-order valence-corrected chi connectivity index (χ0v) is 14.2. The van der Waals surface area contributed by atoms with Crippen molar-refractivity contribution in [3.05, 3.63) is 51.7 Å². The molecule has 1 aromatic heterocycles. The van der Waals surface area contributed by atoms with Gasteiger partial charge in [-0.05, 0) is 43.3 Å². The Balaban J connectivity index is 1.68. The molecule has 1 aromatic carbocycles. The molecule has 124 valence electrons. The largest absolute Gasteiger partial charge is 0.329 e. The highest BCUT2D eigenvalue weighted by molar-refractivity contribution is 7.10. The van der Waals surface area contributed by atoms with E-state index in [1.54, 1.807) is 40.5 Å². The van der Waals surface area contributed by atoms with Crippen LogP contribution in [0.3, 0.4) is 0 Å². The van der Waals surface area contributed by atoms with E-state index in [0.29, 0.717) is 23.4 Å². The van der Waals surface area contributed by atoms with Crippen LogP contribution in [0.5, 0.6) is 0 Å². The molecule has 5 nitrogen and oxygen atoms in total. The smallest absolute Gasteiger partial charge is 0.255 e. The van der Waals surface area contributed by atoms with Crippen LogP contribution >= 0.6 is 11.3 Å². The van der Waals surface area contributed by atoms with Gasteiger partial charge in [-0.15, -0.1) is 11.3 Å². The van der Waals surface area contributed by atoms with Crippen LogP contribution in [0.4, 0.5) is 5.69 Å². The lowest BCUT2D eigenvalue weighted by molar-refractivity contribution is -0.116. The van der Waals surface area contributed by atoms with Gasteiger partial charge in [0.15, 0.2) is 5.78 Å². The van der Waals surface area contributed by atoms with Crippen molar-refractivity contribution in [1.29, 1.82) is 0 Å². The molecule has 1 aliphatic heterocycles. The number of nitrogens with zero attached hydrogens (tertiary/aromatic N) is 1. The van der Waals surface area contributed by atoms with Crippen molar-refractivity contribution < 1.29 is 14.4 Å². The quantitative estimate of drug-likeness (QED) is 0.869. The first-order valence-electron chi connectivity index (χ1n) is 7.81. The van der Waals surface area contributed by atoms with Gasteiger partial charge in [0.05, 0.1) is 5.56 Å². The van der Waals surface area contributed by atoms with E-state index in [4.69, 9.17) is 0 Å². The van der Waals surface area contributed by atoms with Crippen LogP contribution in [0.1, 0.15) is 38.9 Å². The number of nitrogens with one attached hydrogen (secondary N) is 1. The summed E-state index contributed by atoms with van der Waals surface area (Å²) in [6, 6.07) is 8.62. The molecule has 3 rings (SSSR count). The van der Waals surface area contributed by atoms with Gasteiger partial charge in [-0.3, -0.25) is 14.4 Å². The van der Waals surface area contributed by atoms with Gasteiger partial charge in [0.1, 0.15) is 6.54 Å². The van der Waals surface area contributed by atoms with Crippen LogP contribution in [-0.2, 0) is 11.2 Å². The zero-order chi connectivity index (χ0) is 17.1. The minimum Gasteiger partial charge on any atom is -0.329 e. The molecule has 0 spiro atoms. The summed E-state index contributed by atoms with van der Waals surface area (Å²) in [5, 5.41) is 4.68. The molecule has 0 fully saturated rings. The molecule has 1 N–H and O–H groups in total. The number of Topliss-reactive ketones (excluding diaryl/α,β-unsaturated/α-hetero) is 1. The second-order valence-electron chi connectivity index (χ2n) is 5.77. The third kappa shape index (κ3) is 3.54. The molecular weight excluding hydrogens is 324 g/mol. The van der Waals surface area contributed by atoms with Crippen LogP contribution in [0.2, 0.25) is 0 Å². The third-order valence-corrected chi connectivity index (χ3v) is 4.96. The lowest BCUT2D eigenvalue weighted by atomic mass is 10.1. The Labute approximate surface area is 144 Å². The fourth-order valence-electron chi connectivity index (χ4n) is 2.77. The molecule has 0 radical (unpaired) electrons. The molecule has 0 saturated heterocycles. The summed E-state index contributed by atoms with van der Waals surface area (Å²) < 4.78 is 0. The van der Waals surface area contributed by atoms with Crippen LogP contribution in [0.25, 0.3) is 0 Å². The van der Waals surface area contributed by atoms with E-state index >= 15 is 0 Å². The maximum atomic E-state index is 12.5. The first-order chi connectivity index (χ1) is 11.5. The van der Waals surface area contributed by atoms with Gasteiger partial charge in [0.25, 0.3) is 5.91 Å². The lowest BCUT2D eigenvalue weighted by Crippen LogP contribution is -2.37. The number of thiophene rings is 1. The second-order valence-corrected chi connectivity index (χ2v) is 6.77. The Kier molecular flexibility index (Phi) is 4.76. The highest BCUT2D eigenvalue weighted by atomic mass is 32.1. The molecule has 2 aromatic rings. The Bertz CT molecular complexity index is 797. The van der Waals surface area contributed by atoms with Gasteiger partial charge in [0.2, 0.25) is 5.91 Å². The maximum Gasteiger partial charge on any atom is 0.255 e. The van der Waals surface area contributed by atoms with Gasteiger partial charge >= 0.3 is 0 Å². The molecule has 0 aliphatic carbocycles. The van der Waals surface area contributed by atoms with Crippen molar-refractivity contribution >= 4 is 34.6 Å². The van der Waals surface area contributed by atoms with Gasteiger partial charge in [-0.25, -0.2) is 0 Å². The van der Waals surface area contributed by atoms with Crippen molar-refractivity contribution in [2.45, 2.75) is 19.8 Å². The summed E-state index contributed by atoms with van der Waals surface area (Å²) in [5.74, 6) is -0.405. The normalized spacial score (nSPS) is 14.0. The average Bonchev–Trinajstić information content (AvgIpc) is 2.96. The van der Waals surface area contributed by atoms with Crippen molar-refractivity contribution in [2.75, 3.05) is 18.4 Å². The zero-order valence-electron chi connectivity index (χ0n) is 13.4. The molecule has 2 heterocycles. The molecule has 6 heteroatoms. The van der Waals surface area contributed by atoms with E-state index in [9.17, 15) is 14.4 Å². The van der Waals surface area contributed by atoms with Crippen molar-refractivity contribution in [3.63, 3.8) is 0 Å². The highest BCUT2D eigenvalue weighted by Gasteiger charge is 2.24. The Morgan fingerprint density at radius 2 is 2.12 bits per heavy atom. The van der Waals surface area contributed by atoms with Crippen molar-refractivity contribution in [2.24, 2.45) is 0 Å². The lowest BCUT2D eigenvalue weighted by Gasteiger charge is -2.20. The second kappa shape index (κ2) is 6.97. The maximum absolute atomic E-state index is 12.5. The summed E-state index contributed by atoms with van der Waals surface area (Å²) in [6.07, 6.45) is 1.73. The molecule has 0 unspecified atom stereocenters. The topological polar surface area (TPSA) is 66.5 Å². The number of aryl methyl sites for hydroxylation is 1. The summed E-state index contributed by atoms with van der Waals surface area (Å²) in [6.45, 7) is 2.06. The number of carbonyl (C=O) groups excluding carboxylic acids is 3. The van der Waals surface area contributed by atoms with Crippen molar-refractivity contribution in [1.82, 2.24) is 4.90 Å². The molecule has 0 bridgehead atoms. The number of fused-ring (bicyclic) bond motifs is 1. The number of ketones is 1. The molecule has 0 atom stereocenters. The Morgan fingerprint density at radius 1 is 1.29 bits per heavy atom. The fourth-order valence-corrected chi connectivity index (χ4v) is 3.68. The van der Waals surface area contributed by atoms with Gasteiger partial charge in [-0.1, -0.05) is 12.1 Å². The highest BCUT2D eigenvalue weighted by Crippen LogP contribution is 2.23. The molecule has 1 aliphatic rings. The summed E-state index contributed by atoms with van der Waals surface area (Å²) >= 11 is 1.59. The number of hydrogen-bond donors (Lipinski definition) is 1. The van der Waals surface area contributed by atoms with Gasteiger partial charge in [-0.2, -0.15) is 0 Å². The number of anilines is 1. The first kappa shape index (κ1) is 16.4. The number of benzene rings is 1. The SMILES string of the molecule is CC(=O)c1cccc(NC(=O)CN2CCCc3sccc3C2=O)c1. The van der Waals surface area contributed by atoms with Gasteiger partial charge < -0.3 is 10.2 Å². The predicted octanol–water partition coefficient (Wildman–Crippen LogP) is 2.98. The van der Waals surface area contributed by atoms with E-state index in [1.807, 2.05) is 11.4 Å². The summed E-state index contributed by atoms with van der Waals surface area (Å²) in [5.41, 5.74) is 1.82. The van der Waals surface area contributed by atoms with Crippen LogP contribution in [0, 0.1) is 0 Å². The number of amides is 2. The van der Waals surface area contributed by atoms with E-state index in [-0.39, 0.29) is 24.1 Å². The predicted molar refractivity (Wildman–Crippen MR) is 93.6 cm³/mol. The van der Waals surface area contributed by atoms with E-state index in [2.05, 4.69) is 5.32 Å². The Morgan fingerprint density at radius 3 is 2.92 bits per heavy atom. The standard InChI is InChI=1S/C18H18N2O3S/c1-12(21)13-4-2-5-14(10-13)19-17(22)11-20-8-3-6-16-15(18(20)23)7-9-24-16/h2,4-5,7,9-10H,3,6,8,11H2,1H3,(H,19,22). The third-order valence-electron chi connectivity index (χ3n) is 3.98.